The molecule has 0 aromatic heterocycles. The molecule has 4 nitrogen and oxygen atoms in total. The predicted octanol–water partition coefficient (Wildman–Crippen LogP) is 2.56. The van der Waals surface area contributed by atoms with Crippen LogP contribution in [-0.4, -0.2) is 30.0 Å². The smallest absolute Gasteiger partial charge is 0.260 e. The van der Waals surface area contributed by atoms with Crippen molar-refractivity contribution in [2.24, 2.45) is 11.7 Å². The summed E-state index contributed by atoms with van der Waals surface area (Å²) in [4.78, 5) is 14.4. The Kier molecular flexibility index (Phi) is 5.62. The molecule has 0 unspecified atom stereocenters. The zero-order valence-electron chi connectivity index (χ0n) is 13.0. The van der Waals surface area contributed by atoms with Crippen molar-refractivity contribution in [3.63, 3.8) is 0 Å². The van der Waals surface area contributed by atoms with Gasteiger partial charge in [-0.3, -0.25) is 4.79 Å². The van der Waals surface area contributed by atoms with Crippen molar-refractivity contribution < 1.29 is 9.53 Å². The van der Waals surface area contributed by atoms with Crippen LogP contribution in [0.3, 0.4) is 0 Å². The van der Waals surface area contributed by atoms with Gasteiger partial charge in [-0.05, 0) is 31.2 Å². The number of amides is 1. The molecule has 0 bridgehead atoms. The first-order valence-electron chi connectivity index (χ1n) is 7.82. The first-order chi connectivity index (χ1) is 10.1. The van der Waals surface area contributed by atoms with Crippen molar-refractivity contribution in [3.8, 4) is 5.75 Å². The maximum absolute atomic E-state index is 12.4. The standard InChI is InChI=1S/C17H26N2O2/c1-13(2)9-10-19(15-7-8-15)17(20)12-21-16-6-4-3-5-14(16)11-18/h3-6,13,15H,7-12,18H2,1-2H3. The van der Waals surface area contributed by atoms with Gasteiger partial charge in [0.25, 0.3) is 5.91 Å². The molecular formula is C17H26N2O2. The lowest BCUT2D eigenvalue weighted by molar-refractivity contribution is -0.134. The summed E-state index contributed by atoms with van der Waals surface area (Å²) >= 11 is 0. The molecule has 2 rings (SSSR count). The molecule has 0 saturated heterocycles. The molecule has 21 heavy (non-hydrogen) atoms. The number of para-hydroxylation sites is 1. The summed E-state index contributed by atoms with van der Waals surface area (Å²) in [6, 6.07) is 8.05. The number of nitrogens with two attached hydrogens (primary N) is 1. The minimum absolute atomic E-state index is 0.0879. The minimum Gasteiger partial charge on any atom is -0.483 e. The fraction of sp³-hybridized carbons (Fsp3) is 0.588. The summed E-state index contributed by atoms with van der Waals surface area (Å²) < 4.78 is 5.68. The van der Waals surface area contributed by atoms with Crippen LogP contribution in [0.5, 0.6) is 5.75 Å². The molecule has 1 aromatic carbocycles. The van der Waals surface area contributed by atoms with Crippen LogP contribution < -0.4 is 10.5 Å². The lowest BCUT2D eigenvalue weighted by atomic mass is 10.1. The molecule has 116 valence electrons. The number of carbonyl (C=O) groups is 1. The topological polar surface area (TPSA) is 55.6 Å². The van der Waals surface area contributed by atoms with Crippen LogP contribution in [0.1, 0.15) is 38.7 Å². The Hall–Kier alpha value is -1.55. The number of benzene rings is 1. The molecule has 1 aliphatic rings. The van der Waals surface area contributed by atoms with Gasteiger partial charge in [0.1, 0.15) is 5.75 Å². The first kappa shape index (κ1) is 15.8. The normalized spacial score (nSPS) is 14.3. The van der Waals surface area contributed by atoms with E-state index >= 15 is 0 Å². The van der Waals surface area contributed by atoms with Gasteiger partial charge in [0.2, 0.25) is 0 Å². The van der Waals surface area contributed by atoms with Gasteiger partial charge >= 0.3 is 0 Å². The zero-order chi connectivity index (χ0) is 15.2. The molecular weight excluding hydrogens is 264 g/mol. The third-order valence-corrected chi connectivity index (χ3v) is 3.80. The molecule has 0 heterocycles. The van der Waals surface area contributed by atoms with Gasteiger partial charge < -0.3 is 15.4 Å². The van der Waals surface area contributed by atoms with Gasteiger partial charge in [-0.1, -0.05) is 32.0 Å². The highest BCUT2D eigenvalue weighted by atomic mass is 16.5. The highest BCUT2D eigenvalue weighted by molar-refractivity contribution is 5.78. The Labute approximate surface area is 127 Å². The molecule has 0 atom stereocenters. The molecule has 2 N–H and O–H groups in total. The van der Waals surface area contributed by atoms with Gasteiger partial charge in [0.15, 0.2) is 6.61 Å². The second kappa shape index (κ2) is 7.46. The van der Waals surface area contributed by atoms with E-state index in [2.05, 4.69) is 13.8 Å². The van der Waals surface area contributed by atoms with E-state index in [4.69, 9.17) is 10.5 Å². The number of carbonyl (C=O) groups excluding carboxylic acids is 1. The molecule has 0 spiro atoms. The van der Waals surface area contributed by atoms with Crippen molar-refractivity contribution in [2.45, 2.75) is 45.7 Å². The highest BCUT2D eigenvalue weighted by Gasteiger charge is 2.32. The van der Waals surface area contributed by atoms with Crippen molar-refractivity contribution in [1.29, 1.82) is 0 Å². The molecule has 0 radical (unpaired) electrons. The Morgan fingerprint density at radius 3 is 2.71 bits per heavy atom. The minimum atomic E-state index is 0.0879. The summed E-state index contributed by atoms with van der Waals surface area (Å²) in [5.41, 5.74) is 6.62. The summed E-state index contributed by atoms with van der Waals surface area (Å²) in [6.45, 7) is 5.73. The molecule has 1 amide bonds. The van der Waals surface area contributed by atoms with E-state index in [9.17, 15) is 4.79 Å². The van der Waals surface area contributed by atoms with Crippen LogP contribution in [0.25, 0.3) is 0 Å². The average Bonchev–Trinajstić information content (AvgIpc) is 3.30. The summed E-state index contributed by atoms with van der Waals surface area (Å²) in [7, 11) is 0. The van der Waals surface area contributed by atoms with Crippen molar-refractivity contribution >= 4 is 5.91 Å². The van der Waals surface area contributed by atoms with Crippen LogP contribution in [-0.2, 0) is 11.3 Å². The summed E-state index contributed by atoms with van der Waals surface area (Å²) in [5.74, 6) is 1.41. The number of ether oxygens (including phenoxy) is 1. The second-order valence-corrected chi connectivity index (χ2v) is 6.10. The average molecular weight is 290 g/mol. The molecule has 0 aliphatic heterocycles. The number of hydrogen-bond donors (Lipinski definition) is 1. The third kappa shape index (κ3) is 4.74. The van der Waals surface area contributed by atoms with Crippen molar-refractivity contribution in [2.75, 3.05) is 13.2 Å². The molecule has 4 heteroatoms. The van der Waals surface area contributed by atoms with Crippen LogP contribution in [0.15, 0.2) is 24.3 Å². The van der Waals surface area contributed by atoms with Gasteiger partial charge in [-0.2, -0.15) is 0 Å². The van der Waals surface area contributed by atoms with E-state index in [0.29, 0.717) is 24.3 Å². The number of rotatable bonds is 8. The highest BCUT2D eigenvalue weighted by Crippen LogP contribution is 2.28. The zero-order valence-corrected chi connectivity index (χ0v) is 13.0. The Morgan fingerprint density at radius 1 is 1.38 bits per heavy atom. The van der Waals surface area contributed by atoms with E-state index in [1.807, 2.05) is 29.2 Å². The van der Waals surface area contributed by atoms with Crippen molar-refractivity contribution in [1.82, 2.24) is 4.90 Å². The lowest BCUT2D eigenvalue weighted by Crippen LogP contribution is -2.38. The maximum atomic E-state index is 12.4. The SMILES string of the molecule is CC(C)CCN(C(=O)COc1ccccc1CN)C1CC1. The van der Waals surface area contributed by atoms with Gasteiger partial charge in [-0.15, -0.1) is 0 Å². The molecule has 1 aliphatic carbocycles. The van der Waals surface area contributed by atoms with Crippen LogP contribution in [0, 0.1) is 5.92 Å². The maximum Gasteiger partial charge on any atom is 0.260 e. The first-order valence-corrected chi connectivity index (χ1v) is 7.82. The number of hydrogen-bond acceptors (Lipinski definition) is 3. The van der Waals surface area contributed by atoms with E-state index < -0.39 is 0 Å². The van der Waals surface area contributed by atoms with E-state index in [1.165, 1.54) is 0 Å². The van der Waals surface area contributed by atoms with E-state index in [0.717, 1.165) is 31.4 Å². The summed E-state index contributed by atoms with van der Waals surface area (Å²) in [6.07, 6.45) is 3.30. The van der Waals surface area contributed by atoms with Crippen LogP contribution in [0.2, 0.25) is 0 Å². The molecule has 1 aromatic rings. The molecule has 1 saturated carbocycles. The molecule has 1 fully saturated rings. The third-order valence-electron chi connectivity index (χ3n) is 3.80. The number of nitrogens with zero attached hydrogens (tertiary/aromatic N) is 1. The Balaban J connectivity index is 1.89. The van der Waals surface area contributed by atoms with Gasteiger partial charge in [0, 0.05) is 24.7 Å². The van der Waals surface area contributed by atoms with Crippen LogP contribution >= 0.6 is 0 Å². The van der Waals surface area contributed by atoms with E-state index in [1.54, 1.807) is 0 Å². The summed E-state index contributed by atoms with van der Waals surface area (Å²) in [5, 5.41) is 0. The van der Waals surface area contributed by atoms with Crippen molar-refractivity contribution in [3.05, 3.63) is 29.8 Å². The van der Waals surface area contributed by atoms with Gasteiger partial charge in [-0.25, -0.2) is 0 Å². The van der Waals surface area contributed by atoms with Crippen LogP contribution in [0.4, 0.5) is 0 Å². The monoisotopic (exact) mass is 290 g/mol. The Bertz CT molecular complexity index is 470. The quantitative estimate of drug-likeness (QED) is 0.800. The Morgan fingerprint density at radius 2 is 2.10 bits per heavy atom. The fourth-order valence-electron chi connectivity index (χ4n) is 2.33. The second-order valence-electron chi connectivity index (χ2n) is 6.10. The predicted molar refractivity (Wildman–Crippen MR) is 84.0 cm³/mol. The van der Waals surface area contributed by atoms with Gasteiger partial charge in [0.05, 0.1) is 0 Å². The van der Waals surface area contributed by atoms with E-state index in [-0.39, 0.29) is 12.5 Å². The largest absolute Gasteiger partial charge is 0.483 e. The fourth-order valence-corrected chi connectivity index (χ4v) is 2.33. The lowest BCUT2D eigenvalue weighted by Gasteiger charge is -2.23.